The molecule has 206 valence electrons. The highest BCUT2D eigenvalue weighted by molar-refractivity contribution is 5.65. The molecular weight excluding hydrogens is 424 g/mol. The average Bonchev–Trinajstić information content (AvgIpc) is 2.87. The second-order valence-corrected chi connectivity index (χ2v) is 10.9. The molecule has 0 aliphatic rings. The predicted molar refractivity (Wildman–Crippen MR) is 159 cm³/mol. The van der Waals surface area contributed by atoms with Crippen molar-refractivity contribution in [1.29, 1.82) is 0 Å². The fourth-order valence-corrected chi connectivity index (χ4v) is 5.04. The Hall–Kier alpha value is -0.850. The third-order valence-corrected chi connectivity index (χ3v) is 7.41. The summed E-state index contributed by atoms with van der Waals surface area (Å²) in [4.78, 5) is 10.1. The molecule has 0 rings (SSSR count). The summed E-state index contributed by atoms with van der Waals surface area (Å²) in [5, 5.41) is 0. The number of allylic oxidation sites excluding steroid dienone is 4. The number of unbranched alkanes of at least 4 members (excludes halogenated alkanes) is 27. The van der Waals surface area contributed by atoms with Gasteiger partial charge in [-0.2, -0.15) is 0 Å². The Morgan fingerprint density at radius 2 is 0.629 bits per heavy atom. The molecule has 0 saturated heterocycles. The van der Waals surface area contributed by atoms with Crippen LogP contribution < -0.4 is 0 Å². The SMILES string of the molecule is CCCCCCCCCCCCCCCCCCCCCCCCCCCCCC=CC=CC=O. The van der Waals surface area contributed by atoms with Crippen molar-refractivity contribution in [2.45, 2.75) is 187 Å². The van der Waals surface area contributed by atoms with Gasteiger partial charge < -0.3 is 0 Å². The molecule has 0 atom stereocenters. The minimum absolute atomic E-state index is 0.826. The molecule has 0 aromatic carbocycles. The smallest absolute Gasteiger partial charge is 0.142 e. The zero-order valence-electron chi connectivity index (χ0n) is 24.1. The van der Waals surface area contributed by atoms with E-state index in [1.807, 2.05) is 12.2 Å². The quantitative estimate of drug-likeness (QED) is 0.0425. The molecule has 0 fully saturated rings. The number of carbonyl (C=O) groups excluding carboxylic acids is 1. The Labute approximate surface area is 222 Å². The van der Waals surface area contributed by atoms with Crippen LogP contribution in [0.1, 0.15) is 187 Å². The van der Waals surface area contributed by atoms with Gasteiger partial charge in [-0.1, -0.05) is 192 Å². The Kier molecular flexibility index (Phi) is 32.3. The fourth-order valence-electron chi connectivity index (χ4n) is 5.04. The topological polar surface area (TPSA) is 17.1 Å². The normalized spacial score (nSPS) is 11.8. The second kappa shape index (κ2) is 33.1. The van der Waals surface area contributed by atoms with Gasteiger partial charge in [-0.05, 0) is 18.9 Å². The molecule has 0 N–H and O–H groups in total. The van der Waals surface area contributed by atoms with Crippen LogP contribution in [0.2, 0.25) is 0 Å². The molecule has 1 heteroatoms. The van der Waals surface area contributed by atoms with Crippen molar-refractivity contribution in [1.82, 2.24) is 0 Å². The standard InChI is InChI=1S/C34H64O/c1-2-3-4-5-6-7-8-9-10-11-12-13-14-15-16-17-18-19-20-21-22-23-24-25-26-27-28-29-30-31-32-33-34-35/h30-34H,2-29H2,1H3. The van der Waals surface area contributed by atoms with Crippen molar-refractivity contribution in [2.75, 3.05) is 0 Å². The van der Waals surface area contributed by atoms with Gasteiger partial charge in [0, 0.05) is 0 Å². The van der Waals surface area contributed by atoms with Crippen LogP contribution in [-0.4, -0.2) is 6.29 Å². The van der Waals surface area contributed by atoms with E-state index in [4.69, 9.17) is 0 Å². The van der Waals surface area contributed by atoms with Crippen molar-refractivity contribution in [3.05, 3.63) is 24.3 Å². The highest BCUT2D eigenvalue weighted by Crippen LogP contribution is 2.16. The van der Waals surface area contributed by atoms with Crippen LogP contribution in [0.15, 0.2) is 24.3 Å². The maximum Gasteiger partial charge on any atom is 0.142 e. The van der Waals surface area contributed by atoms with E-state index < -0.39 is 0 Å². The number of aldehydes is 1. The molecule has 0 aromatic rings. The zero-order valence-corrected chi connectivity index (χ0v) is 24.1. The van der Waals surface area contributed by atoms with E-state index in [0.29, 0.717) is 0 Å². The lowest BCUT2D eigenvalue weighted by Crippen LogP contribution is -1.84. The van der Waals surface area contributed by atoms with E-state index in [-0.39, 0.29) is 0 Å². The van der Waals surface area contributed by atoms with Gasteiger partial charge in [0.05, 0.1) is 0 Å². The fraction of sp³-hybridized carbons (Fsp3) is 0.853. The van der Waals surface area contributed by atoms with Crippen LogP contribution in [0.25, 0.3) is 0 Å². The predicted octanol–water partition coefficient (Wildman–Crippen LogP) is 12.2. The van der Waals surface area contributed by atoms with Gasteiger partial charge in [0.15, 0.2) is 0 Å². The van der Waals surface area contributed by atoms with Gasteiger partial charge in [0.2, 0.25) is 0 Å². The third-order valence-electron chi connectivity index (χ3n) is 7.41. The summed E-state index contributed by atoms with van der Waals surface area (Å²) in [7, 11) is 0. The van der Waals surface area contributed by atoms with Crippen molar-refractivity contribution >= 4 is 6.29 Å². The van der Waals surface area contributed by atoms with Crippen LogP contribution in [0.3, 0.4) is 0 Å². The van der Waals surface area contributed by atoms with Gasteiger partial charge in [-0.15, -0.1) is 0 Å². The maximum absolute atomic E-state index is 10.1. The summed E-state index contributed by atoms with van der Waals surface area (Å²) < 4.78 is 0. The first-order chi connectivity index (χ1) is 17.4. The molecule has 0 aromatic heterocycles. The number of hydrogen-bond donors (Lipinski definition) is 0. The molecule has 0 unspecified atom stereocenters. The van der Waals surface area contributed by atoms with Gasteiger partial charge >= 0.3 is 0 Å². The number of carbonyl (C=O) groups is 1. The zero-order chi connectivity index (χ0) is 25.3. The summed E-state index contributed by atoms with van der Waals surface area (Å²) in [6, 6.07) is 0. The summed E-state index contributed by atoms with van der Waals surface area (Å²) >= 11 is 0. The van der Waals surface area contributed by atoms with E-state index in [1.54, 1.807) is 0 Å². The first-order valence-electron chi connectivity index (χ1n) is 16.2. The van der Waals surface area contributed by atoms with Gasteiger partial charge in [0.1, 0.15) is 6.29 Å². The Morgan fingerprint density at radius 1 is 0.343 bits per heavy atom. The van der Waals surface area contributed by atoms with Crippen LogP contribution in [0.4, 0.5) is 0 Å². The van der Waals surface area contributed by atoms with Crippen molar-refractivity contribution < 1.29 is 4.79 Å². The van der Waals surface area contributed by atoms with Gasteiger partial charge in [-0.25, -0.2) is 0 Å². The molecule has 0 aliphatic carbocycles. The van der Waals surface area contributed by atoms with E-state index in [2.05, 4.69) is 13.0 Å². The average molecular weight is 489 g/mol. The largest absolute Gasteiger partial charge is 0.299 e. The summed E-state index contributed by atoms with van der Waals surface area (Å²) in [6.45, 7) is 2.30. The Bertz CT molecular complexity index is 436. The van der Waals surface area contributed by atoms with Crippen LogP contribution in [0, 0.1) is 0 Å². The Morgan fingerprint density at radius 3 is 0.914 bits per heavy atom. The van der Waals surface area contributed by atoms with E-state index >= 15 is 0 Å². The second-order valence-electron chi connectivity index (χ2n) is 10.9. The lowest BCUT2D eigenvalue weighted by molar-refractivity contribution is -0.104. The highest BCUT2D eigenvalue weighted by atomic mass is 16.1. The molecular formula is C34H64O. The lowest BCUT2D eigenvalue weighted by atomic mass is 10.0. The number of hydrogen-bond acceptors (Lipinski definition) is 1. The highest BCUT2D eigenvalue weighted by Gasteiger charge is 1.96. The van der Waals surface area contributed by atoms with Crippen molar-refractivity contribution in [2.24, 2.45) is 0 Å². The minimum atomic E-state index is 0.826. The lowest BCUT2D eigenvalue weighted by Gasteiger charge is -2.04. The van der Waals surface area contributed by atoms with Crippen LogP contribution >= 0.6 is 0 Å². The maximum atomic E-state index is 10.1. The van der Waals surface area contributed by atoms with Gasteiger partial charge in [0.25, 0.3) is 0 Å². The molecule has 0 bridgehead atoms. The van der Waals surface area contributed by atoms with Crippen LogP contribution in [0.5, 0.6) is 0 Å². The molecule has 0 aliphatic heterocycles. The van der Waals surface area contributed by atoms with Crippen molar-refractivity contribution in [3.8, 4) is 0 Å². The number of rotatable bonds is 30. The monoisotopic (exact) mass is 488 g/mol. The molecule has 1 nitrogen and oxygen atoms in total. The third kappa shape index (κ3) is 33.1. The minimum Gasteiger partial charge on any atom is -0.299 e. The summed E-state index contributed by atoms with van der Waals surface area (Å²) in [5.74, 6) is 0. The van der Waals surface area contributed by atoms with Crippen molar-refractivity contribution in [3.63, 3.8) is 0 Å². The molecule has 0 heterocycles. The molecule has 0 amide bonds. The van der Waals surface area contributed by atoms with E-state index in [0.717, 1.165) is 12.7 Å². The molecule has 0 radical (unpaired) electrons. The summed E-state index contributed by atoms with van der Waals surface area (Å²) in [6.07, 6.45) is 48.6. The van der Waals surface area contributed by atoms with Crippen LogP contribution in [-0.2, 0) is 4.79 Å². The molecule has 35 heavy (non-hydrogen) atoms. The first kappa shape index (κ1) is 34.1. The van der Waals surface area contributed by atoms with E-state index in [1.165, 1.54) is 179 Å². The first-order valence-corrected chi connectivity index (χ1v) is 16.2. The Balaban J connectivity index is 3.05. The molecule has 0 spiro atoms. The molecule has 0 saturated carbocycles. The van der Waals surface area contributed by atoms with E-state index in [9.17, 15) is 4.79 Å². The summed E-state index contributed by atoms with van der Waals surface area (Å²) in [5.41, 5.74) is 0. The van der Waals surface area contributed by atoms with Gasteiger partial charge in [-0.3, -0.25) is 4.79 Å².